The van der Waals surface area contributed by atoms with Crippen LogP contribution in [0.15, 0.2) is 18.2 Å². The number of aliphatic hydroxyl groups excluding tert-OH is 1. The quantitative estimate of drug-likeness (QED) is 0.799. The molecule has 0 bridgehead atoms. The van der Waals surface area contributed by atoms with Gasteiger partial charge in [-0.1, -0.05) is 12.1 Å². The van der Waals surface area contributed by atoms with Gasteiger partial charge in [0, 0.05) is 12.6 Å². The summed E-state index contributed by atoms with van der Waals surface area (Å²) in [7, 11) is 1.64. The molecular formula is C16H23NO3. The van der Waals surface area contributed by atoms with Crippen LogP contribution in [0.25, 0.3) is 0 Å². The van der Waals surface area contributed by atoms with Crippen molar-refractivity contribution in [2.75, 3.05) is 13.7 Å². The number of ether oxygens (including phenoxy) is 1. The van der Waals surface area contributed by atoms with E-state index in [9.17, 15) is 4.79 Å². The van der Waals surface area contributed by atoms with Gasteiger partial charge in [0.15, 0.2) is 0 Å². The molecule has 1 unspecified atom stereocenters. The number of carbonyl (C=O) groups excluding carboxylic acids is 1. The van der Waals surface area contributed by atoms with Crippen LogP contribution in [-0.4, -0.2) is 30.8 Å². The average Bonchev–Trinajstić information content (AvgIpc) is 3.25. The fourth-order valence-corrected chi connectivity index (χ4v) is 2.48. The number of hydrogen-bond acceptors (Lipinski definition) is 3. The number of rotatable bonds is 7. The molecular weight excluding hydrogens is 254 g/mol. The van der Waals surface area contributed by atoms with Crippen molar-refractivity contribution in [3.05, 3.63) is 29.3 Å². The Labute approximate surface area is 120 Å². The minimum atomic E-state index is 0.0151. The van der Waals surface area contributed by atoms with Crippen LogP contribution in [0.3, 0.4) is 0 Å². The van der Waals surface area contributed by atoms with E-state index in [1.165, 1.54) is 0 Å². The lowest BCUT2D eigenvalue weighted by Gasteiger charge is -2.17. The molecule has 0 heterocycles. The highest BCUT2D eigenvalue weighted by Crippen LogP contribution is 2.33. The summed E-state index contributed by atoms with van der Waals surface area (Å²) in [5.41, 5.74) is 2.01. The number of carbonyl (C=O) groups is 1. The minimum absolute atomic E-state index is 0.0151. The molecule has 0 aliphatic heterocycles. The summed E-state index contributed by atoms with van der Waals surface area (Å²) < 4.78 is 5.27. The first-order chi connectivity index (χ1) is 9.63. The van der Waals surface area contributed by atoms with E-state index in [1.807, 2.05) is 25.1 Å². The maximum Gasteiger partial charge on any atom is 0.224 e. The predicted octanol–water partition coefficient (Wildman–Crippen LogP) is 1.82. The number of aliphatic hydroxyl groups is 1. The Morgan fingerprint density at radius 1 is 1.50 bits per heavy atom. The SMILES string of the molecule is COc1cc(CC(=O)NC(CCO)C2CC2)ccc1C. The molecule has 1 amide bonds. The van der Waals surface area contributed by atoms with Crippen LogP contribution in [-0.2, 0) is 11.2 Å². The van der Waals surface area contributed by atoms with Gasteiger partial charge in [0.2, 0.25) is 5.91 Å². The Kier molecular flexibility index (Phi) is 5.01. The molecule has 1 aromatic carbocycles. The van der Waals surface area contributed by atoms with E-state index in [1.54, 1.807) is 7.11 Å². The van der Waals surface area contributed by atoms with Gasteiger partial charge in [-0.15, -0.1) is 0 Å². The first kappa shape index (κ1) is 14.9. The van der Waals surface area contributed by atoms with E-state index in [4.69, 9.17) is 9.84 Å². The molecule has 1 aromatic rings. The Morgan fingerprint density at radius 3 is 2.85 bits per heavy atom. The van der Waals surface area contributed by atoms with Crippen LogP contribution in [0, 0.1) is 12.8 Å². The number of aryl methyl sites for hydroxylation is 1. The number of hydrogen-bond donors (Lipinski definition) is 2. The van der Waals surface area contributed by atoms with Crippen molar-refractivity contribution in [2.24, 2.45) is 5.92 Å². The third-order valence-corrected chi connectivity index (χ3v) is 3.81. The lowest BCUT2D eigenvalue weighted by atomic mass is 10.1. The first-order valence-corrected chi connectivity index (χ1v) is 7.17. The van der Waals surface area contributed by atoms with Gasteiger partial charge in [-0.2, -0.15) is 0 Å². The Bertz CT molecular complexity index is 469. The second-order valence-corrected chi connectivity index (χ2v) is 5.50. The van der Waals surface area contributed by atoms with Gasteiger partial charge < -0.3 is 15.2 Å². The summed E-state index contributed by atoms with van der Waals surface area (Å²) in [4.78, 5) is 12.1. The van der Waals surface area contributed by atoms with Gasteiger partial charge in [-0.25, -0.2) is 0 Å². The Hall–Kier alpha value is -1.55. The largest absolute Gasteiger partial charge is 0.496 e. The highest BCUT2D eigenvalue weighted by atomic mass is 16.5. The molecule has 4 nitrogen and oxygen atoms in total. The molecule has 2 rings (SSSR count). The summed E-state index contributed by atoms with van der Waals surface area (Å²) in [5.74, 6) is 1.38. The van der Waals surface area contributed by atoms with Crippen molar-refractivity contribution in [1.82, 2.24) is 5.32 Å². The van der Waals surface area contributed by atoms with Crippen LogP contribution < -0.4 is 10.1 Å². The predicted molar refractivity (Wildman–Crippen MR) is 77.8 cm³/mol. The average molecular weight is 277 g/mol. The van der Waals surface area contributed by atoms with Gasteiger partial charge in [0.05, 0.1) is 13.5 Å². The summed E-state index contributed by atoms with van der Waals surface area (Å²) in [6.45, 7) is 2.10. The van der Waals surface area contributed by atoms with E-state index in [-0.39, 0.29) is 18.6 Å². The molecule has 1 atom stereocenters. The number of amides is 1. The van der Waals surface area contributed by atoms with E-state index in [2.05, 4.69) is 5.32 Å². The number of benzene rings is 1. The van der Waals surface area contributed by atoms with Gasteiger partial charge in [0.1, 0.15) is 5.75 Å². The maximum absolute atomic E-state index is 12.1. The van der Waals surface area contributed by atoms with E-state index in [0.717, 1.165) is 29.7 Å². The summed E-state index contributed by atoms with van der Waals surface area (Å²) in [6.07, 6.45) is 3.31. The molecule has 110 valence electrons. The molecule has 2 N–H and O–H groups in total. The molecule has 0 aromatic heterocycles. The van der Waals surface area contributed by atoms with Crippen LogP contribution >= 0.6 is 0 Å². The molecule has 1 aliphatic carbocycles. The topological polar surface area (TPSA) is 58.6 Å². The van der Waals surface area contributed by atoms with Crippen molar-refractivity contribution >= 4 is 5.91 Å². The van der Waals surface area contributed by atoms with Crippen molar-refractivity contribution in [3.63, 3.8) is 0 Å². The van der Waals surface area contributed by atoms with Crippen LogP contribution in [0.4, 0.5) is 0 Å². The molecule has 20 heavy (non-hydrogen) atoms. The number of methoxy groups -OCH3 is 1. The highest BCUT2D eigenvalue weighted by molar-refractivity contribution is 5.79. The fourth-order valence-electron chi connectivity index (χ4n) is 2.48. The Morgan fingerprint density at radius 2 is 2.25 bits per heavy atom. The lowest BCUT2D eigenvalue weighted by molar-refractivity contribution is -0.121. The zero-order chi connectivity index (χ0) is 14.5. The zero-order valence-corrected chi connectivity index (χ0v) is 12.2. The van der Waals surface area contributed by atoms with Crippen LogP contribution in [0.2, 0.25) is 0 Å². The summed E-state index contributed by atoms with van der Waals surface area (Å²) in [5, 5.41) is 12.1. The molecule has 0 spiro atoms. The fraction of sp³-hybridized carbons (Fsp3) is 0.562. The van der Waals surface area contributed by atoms with Gasteiger partial charge in [-0.05, 0) is 49.3 Å². The van der Waals surface area contributed by atoms with Crippen LogP contribution in [0.1, 0.15) is 30.4 Å². The smallest absolute Gasteiger partial charge is 0.224 e. The maximum atomic E-state index is 12.1. The Balaban J connectivity index is 1.93. The minimum Gasteiger partial charge on any atom is -0.496 e. The second-order valence-electron chi connectivity index (χ2n) is 5.50. The van der Waals surface area contributed by atoms with Crippen molar-refractivity contribution < 1.29 is 14.6 Å². The lowest BCUT2D eigenvalue weighted by Crippen LogP contribution is -2.38. The van der Waals surface area contributed by atoms with Crippen molar-refractivity contribution in [3.8, 4) is 5.75 Å². The second kappa shape index (κ2) is 6.75. The van der Waals surface area contributed by atoms with Gasteiger partial charge in [0.25, 0.3) is 0 Å². The van der Waals surface area contributed by atoms with E-state index in [0.29, 0.717) is 18.8 Å². The highest BCUT2D eigenvalue weighted by Gasteiger charge is 2.31. The monoisotopic (exact) mass is 277 g/mol. The molecule has 0 saturated heterocycles. The summed E-state index contributed by atoms with van der Waals surface area (Å²) >= 11 is 0. The van der Waals surface area contributed by atoms with Gasteiger partial charge >= 0.3 is 0 Å². The van der Waals surface area contributed by atoms with Crippen molar-refractivity contribution in [2.45, 2.75) is 38.6 Å². The normalized spacial score (nSPS) is 15.8. The van der Waals surface area contributed by atoms with Gasteiger partial charge in [-0.3, -0.25) is 4.79 Å². The zero-order valence-electron chi connectivity index (χ0n) is 12.2. The molecule has 0 radical (unpaired) electrons. The number of nitrogens with one attached hydrogen (secondary N) is 1. The van der Waals surface area contributed by atoms with Crippen LogP contribution in [0.5, 0.6) is 5.75 Å². The first-order valence-electron chi connectivity index (χ1n) is 7.17. The molecule has 1 aliphatic rings. The van der Waals surface area contributed by atoms with Crippen molar-refractivity contribution in [1.29, 1.82) is 0 Å². The molecule has 1 saturated carbocycles. The standard InChI is InChI=1S/C16H23NO3/c1-11-3-4-12(9-15(11)20-2)10-16(19)17-14(7-8-18)13-5-6-13/h3-4,9,13-14,18H,5-8,10H2,1-2H3,(H,17,19). The van der Waals surface area contributed by atoms with E-state index >= 15 is 0 Å². The third-order valence-electron chi connectivity index (χ3n) is 3.81. The van der Waals surface area contributed by atoms with E-state index < -0.39 is 0 Å². The third kappa shape index (κ3) is 3.97. The summed E-state index contributed by atoms with van der Waals surface area (Å²) in [6, 6.07) is 5.95. The molecule has 4 heteroatoms. The molecule has 1 fully saturated rings.